The molecule has 0 radical (unpaired) electrons. The van der Waals surface area contributed by atoms with Crippen molar-refractivity contribution in [3.63, 3.8) is 0 Å². The Balaban J connectivity index is 2.07. The smallest absolute Gasteiger partial charge is 0.290 e. The number of sulfone groups is 1. The molecule has 1 aliphatic heterocycles. The molecule has 1 aliphatic rings. The fraction of sp³-hybridized carbons (Fsp3) is 0.500. The standard InChI is InChI=1S/C18H24N2O4S/c1-12(19)15-8-5-6-10-20(15)18(21)17-14(11-25(2,22)23)13-7-3-4-9-16(13)24-17/h3-4,7,9,12,15H,5-6,8,10-11,19H2,1-2H3. The number of furan rings is 1. The highest BCUT2D eigenvalue weighted by Crippen LogP contribution is 2.30. The van der Waals surface area contributed by atoms with E-state index in [1.165, 1.54) is 0 Å². The number of piperidine rings is 1. The highest BCUT2D eigenvalue weighted by atomic mass is 32.2. The predicted octanol–water partition coefficient (Wildman–Crippen LogP) is 2.32. The summed E-state index contributed by atoms with van der Waals surface area (Å²) in [4.78, 5) is 14.9. The van der Waals surface area contributed by atoms with E-state index in [-0.39, 0.29) is 29.5 Å². The monoisotopic (exact) mass is 364 g/mol. The van der Waals surface area contributed by atoms with Crippen LogP contribution in [0.4, 0.5) is 0 Å². The first-order valence-electron chi connectivity index (χ1n) is 8.52. The molecule has 7 heteroatoms. The van der Waals surface area contributed by atoms with E-state index < -0.39 is 9.84 Å². The topological polar surface area (TPSA) is 93.6 Å². The van der Waals surface area contributed by atoms with Crippen LogP contribution in [0.1, 0.15) is 42.3 Å². The molecule has 2 unspecified atom stereocenters. The number of amides is 1. The zero-order valence-corrected chi connectivity index (χ0v) is 15.4. The van der Waals surface area contributed by atoms with E-state index >= 15 is 0 Å². The Labute approximate surface area is 147 Å². The van der Waals surface area contributed by atoms with E-state index in [0.717, 1.165) is 25.5 Å². The summed E-state index contributed by atoms with van der Waals surface area (Å²) in [6.07, 6.45) is 3.96. The summed E-state index contributed by atoms with van der Waals surface area (Å²) >= 11 is 0. The zero-order valence-electron chi connectivity index (χ0n) is 14.6. The van der Waals surface area contributed by atoms with Crippen molar-refractivity contribution in [3.05, 3.63) is 35.6 Å². The summed E-state index contributed by atoms with van der Waals surface area (Å²) in [5.41, 5.74) is 7.04. The highest BCUT2D eigenvalue weighted by molar-refractivity contribution is 7.89. The molecule has 0 aliphatic carbocycles. The third-order valence-electron chi connectivity index (χ3n) is 4.72. The molecule has 2 aromatic rings. The number of carbonyl (C=O) groups excluding carboxylic acids is 1. The van der Waals surface area contributed by atoms with Crippen molar-refractivity contribution < 1.29 is 17.6 Å². The molecular formula is C18H24N2O4S. The maximum Gasteiger partial charge on any atom is 0.290 e. The van der Waals surface area contributed by atoms with Gasteiger partial charge in [0.2, 0.25) is 0 Å². The SMILES string of the molecule is CC(N)C1CCCCN1C(=O)c1oc2ccccc2c1CS(C)(=O)=O. The molecule has 2 heterocycles. The van der Waals surface area contributed by atoms with Crippen molar-refractivity contribution in [2.75, 3.05) is 12.8 Å². The van der Waals surface area contributed by atoms with Gasteiger partial charge in [-0.25, -0.2) is 8.42 Å². The van der Waals surface area contributed by atoms with Crippen molar-refractivity contribution in [1.82, 2.24) is 4.90 Å². The Morgan fingerprint density at radius 3 is 2.76 bits per heavy atom. The summed E-state index contributed by atoms with van der Waals surface area (Å²) in [6, 6.07) is 6.94. The van der Waals surface area contributed by atoms with Crippen LogP contribution in [0.15, 0.2) is 28.7 Å². The molecule has 0 bridgehead atoms. The fourth-order valence-electron chi connectivity index (χ4n) is 3.56. The summed E-state index contributed by atoms with van der Waals surface area (Å²) in [7, 11) is -3.31. The Hall–Kier alpha value is -1.86. The maximum absolute atomic E-state index is 13.2. The van der Waals surface area contributed by atoms with Gasteiger partial charge in [-0.3, -0.25) is 4.79 Å². The summed E-state index contributed by atoms with van der Waals surface area (Å²) in [5, 5.41) is 0.672. The van der Waals surface area contributed by atoms with Crippen molar-refractivity contribution in [1.29, 1.82) is 0 Å². The number of nitrogens with zero attached hydrogens (tertiary/aromatic N) is 1. The lowest BCUT2D eigenvalue weighted by atomic mass is 9.96. The van der Waals surface area contributed by atoms with Crippen LogP contribution in [-0.4, -0.2) is 44.1 Å². The van der Waals surface area contributed by atoms with Crippen LogP contribution in [0.5, 0.6) is 0 Å². The van der Waals surface area contributed by atoms with Crippen LogP contribution in [0.3, 0.4) is 0 Å². The van der Waals surface area contributed by atoms with Crippen LogP contribution in [0, 0.1) is 0 Å². The summed E-state index contributed by atoms with van der Waals surface area (Å²) in [5.74, 6) is -0.363. The van der Waals surface area contributed by atoms with E-state index in [0.29, 0.717) is 23.1 Å². The van der Waals surface area contributed by atoms with Crippen molar-refractivity contribution >= 4 is 26.7 Å². The average molecular weight is 364 g/mol. The number of para-hydroxylation sites is 1. The second kappa shape index (κ2) is 6.80. The largest absolute Gasteiger partial charge is 0.451 e. The van der Waals surface area contributed by atoms with E-state index in [9.17, 15) is 13.2 Å². The molecule has 1 aromatic heterocycles. The number of likely N-dealkylation sites (tertiary alicyclic amines) is 1. The molecule has 3 rings (SSSR count). The summed E-state index contributed by atoms with van der Waals surface area (Å²) in [6.45, 7) is 2.51. The molecule has 1 amide bonds. The molecule has 1 saturated heterocycles. The van der Waals surface area contributed by atoms with Crippen molar-refractivity contribution in [3.8, 4) is 0 Å². The van der Waals surface area contributed by atoms with Gasteiger partial charge in [-0.2, -0.15) is 0 Å². The van der Waals surface area contributed by atoms with Crippen LogP contribution in [0.2, 0.25) is 0 Å². The lowest BCUT2D eigenvalue weighted by Crippen LogP contribution is -2.51. The molecular weight excluding hydrogens is 340 g/mol. The molecule has 0 saturated carbocycles. The number of carbonyl (C=O) groups is 1. The summed E-state index contributed by atoms with van der Waals surface area (Å²) < 4.78 is 29.6. The van der Waals surface area contributed by atoms with Gasteiger partial charge in [0.1, 0.15) is 5.58 Å². The van der Waals surface area contributed by atoms with Gasteiger partial charge in [-0.1, -0.05) is 18.2 Å². The van der Waals surface area contributed by atoms with Crippen molar-refractivity contribution in [2.24, 2.45) is 5.73 Å². The number of rotatable bonds is 4. The number of hydrogen-bond acceptors (Lipinski definition) is 5. The van der Waals surface area contributed by atoms with Gasteiger partial charge in [0.05, 0.1) is 5.75 Å². The van der Waals surface area contributed by atoms with E-state index in [4.69, 9.17) is 10.2 Å². The predicted molar refractivity (Wildman–Crippen MR) is 97.1 cm³/mol. The minimum Gasteiger partial charge on any atom is -0.451 e. The third kappa shape index (κ3) is 3.72. The molecule has 6 nitrogen and oxygen atoms in total. The second-order valence-corrected chi connectivity index (χ2v) is 9.04. The third-order valence-corrected chi connectivity index (χ3v) is 5.53. The number of benzene rings is 1. The lowest BCUT2D eigenvalue weighted by Gasteiger charge is -2.37. The molecule has 25 heavy (non-hydrogen) atoms. The van der Waals surface area contributed by atoms with Gasteiger partial charge in [0, 0.05) is 35.8 Å². The van der Waals surface area contributed by atoms with E-state index in [1.807, 2.05) is 13.0 Å². The van der Waals surface area contributed by atoms with Crippen molar-refractivity contribution in [2.45, 2.75) is 44.0 Å². The maximum atomic E-state index is 13.2. The Kier molecular flexibility index (Phi) is 4.88. The van der Waals surface area contributed by atoms with Gasteiger partial charge in [0.25, 0.3) is 5.91 Å². The minimum absolute atomic E-state index is 0.0551. The normalized spacial score (nSPS) is 20.0. The van der Waals surface area contributed by atoms with Crippen LogP contribution < -0.4 is 5.73 Å². The van der Waals surface area contributed by atoms with Gasteiger partial charge < -0.3 is 15.1 Å². The Morgan fingerprint density at radius 2 is 2.08 bits per heavy atom. The number of fused-ring (bicyclic) bond motifs is 1. The Morgan fingerprint density at radius 1 is 1.36 bits per heavy atom. The molecule has 2 atom stereocenters. The van der Waals surface area contributed by atoms with E-state index in [2.05, 4.69) is 0 Å². The quantitative estimate of drug-likeness (QED) is 0.898. The molecule has 1 aromatic carbocycles. The first kappa shape index (κ1) is 17.9. The molecule has 136 valence electrons. The Bertz CT molecular complexity index is 886. The molecule has 1 fully saturated rings. The second-order valence-electron chi connectivity index (χ2n) is 6.90. The zero-order chi connectivity index (χ0) is 18.2. The van der Waals surface area contributed by atoms with Gasteiger partial charge in [-0.15, -0.1) is 0 Å². The van der Waals surface area contributed by atoms with Crippen LogP contribution >= 0.6 is 0 Å². The molecule has 0 spiro atoms. The van der Waals surface area contributed by atoms with Crippen LogP contribution in [-0.2, 0) is 15.6 Å². The van der Waals surface area contributed by atoms with Gasteiger partial charge in [-0.05, 0) is 32.3 Å². The van der Waals surface area contributed by atoms with Gasteiger partial charge in [0.15, 0.2) is 15.6 Å². The first-order valence-corrected chi connectivity index (χ1v) is 10.6. The van der Waals surface area contributed by atoms with Gasteiger partial charge >= 0.3 is 0 Å². The van der Waals surface area contributed by atoms with E-state index in [1.54, 1.807) is 23.1 Å². The number of nitrogens with two attached hydrogens (primary N) is 1. The highest BCUT2D eigenvalue weighted by Gasteiger charge is 2.34. The fourth-order valence-corrected chi connectivity index (χ4v) is 4.37. The minimum atomic E-state index is -3.31. The molecule has 2 N–H and O–H groups in total. The average Bonchev–Trinajstić information content (AvgIpc) is 2.91. The lowest BCUT2D eigenvalue weighted by molar-refractivity contribution is 0.0553. The van der Waals surface area contributed by atoms with Crippen LogP contribution in [0.25, 0.3) is 11.0 Å². The number of hydrogen-bond donors (Lipinski definition) is 1. The first-order chi connectivity index (χ1) is 11.8.